The number of nitrogen functional groups attached to an aromatic ring is 1. The summed E-state index contributed by atoms with van der Waals surface area (Å²) < 4.78 is 0. The Labute approximate surface area is 118 Å². The van der Waals surface area contributed by atoms with E-state index >= 15 is 0 Å². The van der Waals surface area contributed by atoms with Gasteiger partial charge in [0.1, 0.15) is 0 Å². The van der Waals surface area contributed by atoms with E-state index in [-0.39, 0.29) is 6.03 Å². The summed E-state index contributed by atoms with van der Waals surface area (Å²) in [6, 6.07) is 0.364. The van der Waals surface area contributed by atoms with Crippen LogP contribution in [-0.4, -0.2) is 53.0 Å². The first kappa shape index (κ1) is 13.2. The first-order valence-corrected chi connectivity index (χ1v) is 7.03. The van der Waals surface area contributed by atoms with Gasteiger partial charge in [-0.3, -0.25) is 9.88 Å². The monoisotopic (exact) mass is 275 g/mol. The number of aromatic nitrogens is 1. The van der Waals surface area contributed by atoms with Crippen molar-refractivity contribution < 1.29 is 4.79 Å². The first-order chi connectivity index (χ1) is 9.56. The van der Waals surface area contributed by atoms with Crippen LogP contribution < -0.4 is 11.1 Å². The van der Waals surface area contributed by atoms with Gasteiger partial charge in [-0.2, -0.15) is 0 Å². The normalized spacial score (nSPS) is 22.8. The van der Waals surface area contributed by atoms with E-state index in [2.05, 4.69) is 15.2 Å². The van der Waals surface area contributed by atoms with Crippen molar-refractivity contribution in [1.82, 2.24) is 20.1 Å². The maximum absolute atomic E-state index is 11.6. The summed E-state index contributed by atoms with van der Waals surface area (Å²) >= 11 is 0. The molecule has 0 saturated carbocycles. The van der Waals surface area contributed by atoms with Crippen LogP contribution in [0.15, 0.2) is 6.20 Å². The van der Waals surface area contributed by atoms with Crippen LogP contribution in [0.5, 0.6) is 0 Å². The highest BCUT2D eigenvalue weighted by molar-refractivity contribution is 5.77. The summed E-state index contributed by atoms with van der Waals surface area (Å²) in [6.45, 7) is 8.13. The third-order valence-corrected chi connectivity index (χ3v) is 4.37. The molecule has 1 unspecified atom stereocenters. The summed E-state index contributed by atoms with van der Waals surface area (Å²) in [7, 11) is 0. The van der Waals surface area contributed by atoms with Crippen LogP contribution in [0.4, 0.5) is 10.5 Å². The number of rotatable bonds is 2. The maximum Gasteiger partial charge on any atom is 0.317 e. The van der Waals surface area contributed by atoms with Crippen LogP contribution in [0, 0.1) is 13.8 Å². The van der Waals surface area contributed by atoms with Gasteiger partial charge in [0.25, 0.3) is 0 Å². The number of anilines is 1. The van der Waals surface area contributed by atoms with E-state index in [4.69, 9.17) is 5.73 Å². The minimum atomic E-state index is 0.0727. The fraction of sp³-hybridized carbons (Fsp3) is 0.571. The molecular weight excluding hydrogens is 254 g/mol. The lowest BCUT2D eigenvalue weighted by atomic mass is 10.1. The number of pyridine rings is 1. The minimum Gasteiger partial charge on any atom is -0.398 e. The number of piperazine rings is 1. The Balaban J connectivity index is 1.70. The van der Waals surface area contributed by atoms with Crippen LogP contribution >= 0.6 is 0 Å². The molecule has 108 valence electrons. The van der Waals surface area contributed by atoms with Crippen molar-refractivity contribution in [3.05, 3.63) is 23.0 Å². The molecule has 3 N–H and O–H groups in total. The van der Waals surface area contributed by atoms with Gasteiger partial charge in [-0.1, -0.05) is 0 Å². The van der Waals surface area contributed by atoms with Crippen LogP contribution in [0.2, 0.25) is 0 Å². The van der Waals surface area contributed by atoms with Gasteiger partial charge in [0.05, 0.1) is 11.7 Å². The maximum atomic E-state index is 11.6. The quantitative estimate of drug-likeness (QED) is 0.824. The predicted octanol–water partition coefficient (Wildman–Crippen LogP) is 0.490. The number of carbonyl (C=O) groups is 1. The van der Waals surface area contributed by atoms with Crippen LogP contribution in [0.25, 0.3) is 0 Å². The SMILES string of the molecule is Cc1cnc(CN2CCN3C(=O)NCC3C2)c(C)c1N. The van der Waals surface area contributed by atoms with Gasteiger partial charge in [-0.05, 0) is 25.0 Å². The minimum absolute atomic E-state index is 0.0727. The highest BCUT2D eigenvalue weighted by Crippen LogP contribution is 2.21. The van der Waals surface area contributed by atoms with Gasteiger partial charge in [-0.15, -0.1) is 0 Å². The second kappa shape index (κ2) is 4.94. The summed E-state index contributed by atoms with van der Waals surface area (Å²) in [4.78, 5) is 20.4. The van der Waals surface area contributed by atoms with Gasteiger partial charge in [0.2, 0.25) is 0 Å². The molecule has 2 saturated heterocycles. The van der Waals surface area contributed by atoms with Gasteiger partial charge in [-0.25, -0.2) is 4.79 Å². The molecule has 6 nitrogen and oxygen atoms in total. The average Bonchev–Trinajstić information content (AvgIpc) is 2.81. The van der Waals surface area contributed by atoms with Crippen molar-refractivity contribution in [2.75, 3.05) is 31.9 Å². The highest BCUT2D eigenvalue weighted by atomic mass is 16.2. The number of hydrogen-bond acceptors (Lipinski definition) is 4. The van der Waals surface area contributed by atoms with Crippen LogP contribution in [0.3, 0.4) is 0 Å². The number of amides is 2. The third-order valence-electron chi connectivity index (χ3n) is 4.37. The standard InChI is InChI=1S/C14H21N5O/c1-9-5-16-12(10(2)13(9)15)8-18-3-4-19-11(7-18)6-17-14(19)20/h5,11H,3-4,6-8H2,1-2H3,(H2,15,16)(H,17,20). The molecule has 1 aromatic rings. The van der Waals surface area contributed by atoms with E-state index in [9.17, 15) is 4.79 Å². The number of aryl methyl sites for hydroxylation is 1. The predicted molar refractivity (Wildman–Crippen MR) is 77.3 cm³/mol. The second-order valence-corrected chi connectivity index (χ2v) is 5.69. The van der Waals surface area contributed by atoms with Gasteiger partial charge in [0.15, 0.2) is 0 Å². The molecule has 2 aliphatic heterocycles. The Morgan fingerprint density at radius 3 is 3.05 bits per heavy atom. The number of nitrogens with two attached hydrogens (primary N) is 1. The molecule has 1 aromatic heterocycles. The van der Waals surface area contributed by atoms with E-state index in [1.807, 2.05) is 24.9 Å². The molecule has 3 heterocycles. The molecule has 0 aliphatic carbocycles. The molecule has 0 bridgehead atoms. The van der Waals surface area contributed by atoms with Crippen LogP contribution in [-0.2, 0) is 6.54 Å². The number of carbonyl (C=O) groups excluding carboxylic acids is 1. The topological polar surface area (TPSA) is 74.5 Å². The second-order valence-electron chi connectivity index (χ2n) is 5.69. The molecule has 3 rings (SSSR count). The number of hydrogen-bond donors (Lipinski definition) is 2. The van der Waals surface area contributed by atoms with Crippen molar-refractivity contribution in [2.45, 2.75) is 26.4 Å². The lowest BCUT2D eigenvalue weighted by Crippen LogP contribution is -2.51. The molecule has 2 fully saturated rings. The largest absolute Gasteiger partial charge is 0.398 e. The number of urea groups is 1. The lowest BCUT2D eigenvalue weighted by Gasteiger charge is -2.36. The van der Waals surface area contributed by atoms with Crippen molar-refractivity contribution in [3.63, 3.8) is 0 Å². The van der Waals surface area contributed by atoms with Gasteiger partial charge in [0, 0.05) is 44.6 Å². The Bertz CT molecular complexity index is 545. The highest BCUT2D eigenvalue weighted by Gasteiger charge is 2.35. The molecule has 2 amide bonds. The van der Waals surface area contributed by atoms with Crippen molar-refractivity contribution in [2.24, 2.45) is 0 Å². The zero-order valence-electron chi connectivity index (χ0n) is 12.0. The fourth-order valence-electron chi connectivity index (χ4n) is 2.98. The van der Waals surface area contributed by atoms with Gasteiger partial charge >= 0.3 is 6.03 Å². The summed E-state index contributed by atoms with van der Waals surface area (Å²) in [6.07, 6.45) is 1.84. The Hall–Kier alpha value is -1.82. The molecular formula is C14H21N5O. The van der Waals surface area contributed by atoms with E-state index in [0.717, 1.165) is 55.2 Å². The van der Waals surface area contributed by atoms with E-state index < -0.39 is 0 Å². The summed E-state index contributed by atoms with van der Waals surface area (Å²) in [5.74, 6) is 0. The fourth-order valence-corrected chi connectivity index (χ4v) is 2.98. The van der Waals surface area contributed by atoms with Crippen molar-refractivity contribution >= 4 is 11.7 Å². The van der Waals surface area contributed by atoms with Crippen molar-refractivity contribution in [3.8, 4) is 0 Å². The lowest BCUT2D eigenvalue weighted by molar-refractivity contribution is 0.115. The zero-order chi connectivity index (χ0) is 14.3. The molecule has 0 radical (unpaired) electrons. The smallest absolute Gasteiger partial charge is 0.317 e. The molecule has 2 aliphatic rings. The van der Waals surface area contributed by atoms with E-state index in [1.54, 1.807) is 0 Å². The Morgan fingerprint density at radius 2 is 2.25 bits per heavy atom. The zero-order valence-corrected chi connectivity index (χ0v) is 12.0. The van der Waals surface area contributed by atoms with E-state index in [1.165, 1.54) is 0 Å². The average molecular weight is 275 g/mol. The number of fused-ring (bicyclic) bond motifs is 1. The number of nitrogens with one attached hydrogen (secondary N) is 1. The Kier molecular flexibility index (Phi) is 3.25. The molecule has 0 aromatic carbocycles. The van der Waals surface area contributed by atoms with Crippen molar-refractivity contribution in [1.29, 1.82) is 0 Å². The Morgan fingerprint density at radius 1 is 1.45 bits per heavy atom. The van der Waals surface area contributed by atoms with Crippen LogP contribution in [0.1, 0.15) is 16.8 Å². The third kappa shape index (κ3) is 2.20. The van der Waals surface area contributed by atoms with Gasteiger partial charge < -0.3 is 16.0 Å². The molecule has 0 spiro atoms. The number of nitrogens with zero attached hydrogens (tertiary/aromatic N) is 3. The molecule has 20 heavy (non-hydrogen) atoms. The molecule has 1 atom stereocenters. The summed E-state index contributed by atoms with van der Waals surface area (Å²) in [5.41, 5.74) is 10.1. The first-order valence-electron chi connectivity index (χ1n) is 7.03. The van der Waals surface area contributed by atoms with E-state index in [0.29, 0.717) is 6.04 Å². The summed E-state index contributed by atoms with van der Waals surface area (Å²) in [5, 5.41) is 2.90. The molecule has 6 heteroatoms.